The van der Waals surface area contributed by atoms with E-state index in [1.807, 2.05) is 48.5 Å². The van der Waals surface area contributed by atoms with E-state index in [4.69, 9.17) is 9.47 Å². The molecule has 0 radical (unpaired) electrons. The predicted octanol–water partition coefficient (Wildman–Crippen LogP) is 3.50. The number of fused-ring (bicyclic) bond motifs is 1. The van der Waals surface area contributed by atoms with E-state index in [-0.39, 0.29) is 5.91 Å². The summed E-state index contributed by atoms with van der Waals surface area (Å²) in [4.78, 5) is 11.9. The van der Waals surface area contributed by atoms with E-state index in [0.29, 0.717) is 13.2 Å². The Hall–Kier alpha value is -2.75. The average Bonchev–Trinajstić information content (AvgIpc) is 2.78. The summed E-state index contributed by atoms with van der Waals surface area (Å²) in [6, 6.07) is 15.0. The zero-order valence-corrected chi connectivity index (χ0v) is 12.1. The van der Waals surface area contributed by atoms with E-state index in [2.05, 4.69) is 5.32 Å². The fourth-order valence-electron chi connectivity index (χ4n) is 2.16. The lowest BCUT2D eigenvalue weighted by molar-refractivity contribution is -0.111. The van der Waals surface area contributed by atoms with Crippen molar-refractivity contribution in [3.8, 4) is 11.5 Å². The molecule has 0 spiro atoms. The van der Waals surface area contributed by atoms with E-state index >= 15 is 0 Å². The molecule has 112 valence electrons. The number of nitrogens with one attached hydrogen (secondary N) is 1. The van der Waals surface area contributed by atoms with Crippen LogP contribution < -0.4 is 14.8 Å². The Labute approximate surface area is 129 Å². The molecular weight excluding hydrogens is 278 g/mol. The number of anilines is 1. The van der Waals surface area contributed by atoms with Crippen molar-refractivity contribution >= 4 is 17.7 Å². The second kappa shape index (κ2) is 6.80. The third-order valence-corrected chi connectivity index (χ3v) is 3.24. The molecule has 0 fully saturated rings. The predicted molar refractivity (Wildman–Crippen MR) is 86.2 cm³/mol. The van der Waals surface area contributed by atoms with E-state index in [9.17, 15) is 4.79 Å². The van der Waals surface area contributed by atoms with Crippen molar-refractivity contribution in [1.82, 2.24) is 0 Å². The molecule has 0 unspecified atom stereocenters. The van der Waals surface area contributed by atoms with E-state index in [1.54, 1.807) is 6.08 Å². The first-order valence-corrected chi connectivity index (χ1v) is 7.25. The van der Waals surface area contributed by atoms with Gasteiger partial charge in [0, 0.05) is 18.2 Å². The number of para-hydroxylation sites is 1. The number of carbonyl (C=O) groups is 1. The second-order valence-electron chi connectivity index (χ2n) is 4.95. The van der Waals surface area contributed by atoms with Crippen LogP contribution in [0.1, 0.15) is 12.0 Å². The van der Waals surface area contributed by atoms with Crippen LogP contribution >= 0.6 is 0 Å². The highest BCUT2D eigenvalue weighted by atomic mass is 16.5. The zero-order valence-electron chi connectivity index (χ0n) is 12.1. The molecule has 0 bridgehead atoms. The van der Waals surface area contributed by atoms with Gasteiger partial charge in [0.05, 0.1) is 13.2 Å². The van der Waals surface area contributed by atoms with Gasteiger partial charge in [-0.25, -0.2) is 0 Å². The van der Waals surface area contributed by atoms with Crippen LogP contribution in [0.15, 0.2) is 54.6 Å². The first-order chi connectivity index (χ1) is 10.8. The van der Waals surface area contributed by atoms with Crippen molar-refractivity contribution < 1.29 is 14.3 Å². The first-order valence-electron chi connectivity index (χ1n) is 7.25. The summed E-state index contributed by atoms with van der Waals surface area (Å²) in [5, 5.41) is 2.80. The van der Waals surface area contributed by atoms with Gasteiger partial charge in [-0.05, 0) is 35.9 Å². The lowest BCUT2D eigenvalue weighted by Crippen LogP contribution is -2.07. The van der Waals surface area contributed by atoms with Gasteiger partial charge in [0.15, 0.2) is 11.5 Å². The monoisotopic (exact) mass is 295 g/mol. The topological polar surface area (TPSA) is 47.6 Å². The summed E-state index contributed by atoms with van der Waals surface area (Å²) in [6.45, 7) is 1.32. The van der Waals surface area contributed by atoms with Crippen molar-refractivity contribution in [2.45, 2.75) is 6.42 Å². The number of rotatable bonds is 3. The molecule has 4 nitrogen and oxygen atoms in total. The van der Waals surface area contributed by atoms with Gasteiger partial charge in [-0.15, -0.1) is 0 Å². The molecule has 1 heterocycles. The lowest BCUT2D eigenvalue weighted by atomic mass is 10.2. The van der Waals surface area contributed by atoms with Crippen LogP contribution in [-0.2, 0) is 4.79 Å². The Kier molecular flexibility index (Phi) is 4.39. The number of hydrogen-bond donors (Lipinski definition) is 1. The number of hydrogen-bond acceptors (Lipinski definition) is 3. The SMILES string of the molecule is O=C(/C=C/c1ccc2c(c1)OCCCO2)Nc1ccccc1. The van der Waals surface area contributed by atoms with Crippen LogP contribution in [0.3, 0.4) is 0 Å². The van der Waals surface area contributed by atoms with Gasteiger partial charge >= 0.3 is 0 Å². The highest BCUT2D eigenvalue weighted by molar-refractivity contribution is 6.01. The van der Waals surface area contributed by atoms with Crippen LogP contribution in [0.4, 0.5) is 5.69 Å². The minimum atomic E-state index is -0.168. The van der Waals surface area contributed by atoms with Crippen LogP contribution in [0.2, 0.25) is 0 Å². The molecule has 4 heteroatoms. The molecule has 22 heavy (non-hydrogen) atoms. The molecule has 0 aliphatic carbocycles. The standard InChI is InChI=1S/C18H17NO3/c20-18(19-15-5-2-1-3-6-15)10-8-14-7-9-16-17(13-14)22-12-4-11-21-16/h1-3,5-10,13H,4,11-12H2,(H,19,20)/b10-8+. The maximum absolute atomic E-state index is 11.9. The van der Waals surface area contributed by atoms with Gasteiger partial charge < -0.3 is 14.8 Å². The molecule has 2 aromatic rings. The maximum atomic E-state index is 11.9. The number of carbonyl (C=O) groups excluding carboxylic acids is 1. The Balaban J connectivity index is 1.67. The quantitative estimate of drug-likeness (QED) is 0.882. The van der Waals surface area contributed by atoms with Gasteiger partial charge in [-0.3, -0.25) is 4.79 Å². The van der Waals surface area contributed by atoms with E-state index < -0.39 is 0 Å². The average molecular weight is 295 g/mol. The molecule has 0 atom stereocenters. The largest absolute Gasteiger partial charge is 0.490 e. The smallest absolute Gasteiger partial charge is 0.248 e. The Bertz CT molecular complexity index is 680. The van der Waals surface area contributed by atoms with E-state index in [0.717, 1.165) is 29.2 Å². The van der Waals surface area contributed by atoms with Gasteiger partial charge in [0.25, 0.3) is 0 Å². The van der Waals surface area contributed by atoms with Crippen LogP contribution in [0, 0.1) is 0 Å². The summed E-state index contributed by atoms with van der Waals surface area (Å²) in [6.07, 6.45) is 4.14. The van der Waals surface area contributed by atoms with Crippen LogP contribution in [0.25, 0.3) is 6.08 Å². The van der Waals surface area contributed by atoms with Crippen molar-refractivity contribution in [1.29, 1.82) is 0 Å². The maximum Gasteiger partial charge on any atom is 0.248 e. The van der Waals surface area contributed by atoms with Crippen molar-refractivity contribution in [2.75, 3.05) is 18.5 Å². The minimum absolute atomic E-state index is 0.168. The highest BCUT2D eigenvalue weighted by Crippen LogP contribution is 2.30. The third kappa shape index (κ3) is 3.67. The van der Waals surface area contributed by atoms with Crippen molar-refractivity contribution in [3.05, 3.63) is 60.2 Å². The molecule has 0 saturated heterocycles. The number of ether oxygens (including phenoxy) is 2. The van der Waals surface area contributed by atoms with Gasteiger partial charge in [-0.1, -0.05) is 24.3 Å². The fourth-order valence-corrected chi connectivity index (χ4v) is 2.16. The normalized spacial score (nSPS) is 13.6. The lowest BCUT2D eigenvalue weighted by Gasteiger charge is -2.07. The summed E-state index contributed by atoms with van der Waals surface area (Å²) >= 11 is 0. The molecule has 1 aliphatic rings. The van der Waals surface area contributed by atoms with Gasteiger partial charge in [-0.2, -0.15) is 0 Å². The van der Waals surface area contributed by atoms with E-state index in [1.165, 1.54) is 6.08 Å². The van der Waals surface area contributed by atoms with Crippen LogP contribution in [0.5, 0.6) is 11.5 Å². The molecule has 2 aromatic carbocycles. The molecule has 1 N–H and O–H groups in total. The van der Waals surface area contributed by atoms with Gasteiger partial charge in [0.1, 0.15) is 0 Å². The minimum Gasteiger partial charge on any atom is -0.490 e. The Morgan fingerprint density at radius 3 is 2.59 bits per heavy atom. The summed E-state index contributed by atoms with van der Waals surface area (Å²) in [5.41, 5.74) is 1.67. The van der Waals surface area contributed by atoms with Crippen molar-refractivity contribution in [2.24, 2.45) is 0 Å². The second-order valence-corrected chi connectivity index (χ2v) is 4.95. The molecule has 0 saturated carbocycles. The zero-order chi connectivity index (χ0) is 15.2. The summed E-state index contributed by atoms with van der Waals surface area (Å²) in [5.74, 6) is 1.31. The first kappa shape index (κ1) is 14.2. The third-order valence-electron chi connectivity index (χ3n) is 3.24. The Morgan fingerprint density at radius 2 is 1.77 bits per heavy atom. The molecular formula is C18H17NO3. The van der Waals surface area contributed by atoms with Crippen molar-refractivity contribution in [3.63, 3.8) is 0 Å². The highest BCUT2D eigenvalue weighted by Gasteiger charge is 2.09. The molecule has 1 amide bonds. The number of amides is 1. The fraction of sp³-hybridized carbons (Fsp3) is 0.167. The molecule has 1 aliphatic heterocycles. The molecule has 0 aromatic heterocycles. The summed E-state index contributed by atoms with van der Waals surface area (Å²) in [7, 11) is 0. The van der Waals surface area contributed by atoms with Crippen LogP contribution in [-0.4, -0.2) is 19.1 Å². The Morgan fingerprint density at radius 1 is 1.00 bits per heavy atom. The van der Waals surface area contributed by atoms with Gasteiger partial charge in [0.2, 0.25) is 5.91 Å². The number of benzene rings is 2. The summed E-state index contributed by atoms with van der Waals surface area (Å²) < 4.78 is 11.2. The molecule has 3 rings (SSSR count).